The van der Waals surface area contributed by atoms with Gasteiger partial charge in [-0.1, -0.05) is 56.0 Å². The first-order valence-electron chi connectivity index (χ1n) is 13.1. The van der Waals surface area contributed by atoms with E-state index in [4.69, 9.17) is 14.5 Å². The largest absolute Gasteiger partial charge is 0.496 e. The zero-order valence-electron chi connectivity index (χ0n) is 21.2. The van der Waals surface area contributed by atoms with Crippen molar-refractivity contribution in [2.45, 2.75) is 70.6 Å². The maximum absolute atomic E-state index is 12.2. The third kappa shape index (κ3) is 6.14. The fraction of sp³-hybridized carbons (Fsp3) is 0.467. The number of hydrogen-bond acceptors (Lipinski definition) is 5. The number of ether oxygens (including phenoxy) is 2. The number of methoxy groups -OCH3 is 2. The molecule has 0 fully saturated rings. The summed E-state index contributed by atoms with van der Waals surface area (Å²) in [6.07, 6.45) is 12.7. The Morgan fingerprint density at radius 1 is 0.914 bits per heavy atom. The molecule has 0 saturated carbocycles. The van der Waals surface area contributed by atoms with E-state index in [1.54, 1.807) is 7.11 Å². The highest BCUT2D eigenvalue weighted by molar-refractivity contribution is 5.94. The Balaban J connectivity index is 1.20. The minimum Gasteiger partial charge on any atom is -0.496 e. The summed E-state index contributed by atoms with van der Waals surface area (Å²) < 4.78 is 10.3. The third-order valence-electron chi connectivity index (χ3n) is 7.07. The number of benzene rings is 2. The third-order valence-corrected chi connectivity index (χ3v) is 7.07. The summed E-state index contributed by atoms with van der Waals surface area (Å²) in [5, 5.41) is 5.04. The first kappa shape index (κ1) is 25.0. The summed E-state index contributed by atoms with van der Waals surface area (Å²) in [6.45, 7) is 1.01. The molecule has 1 N–H and O–H groups in total. The Hall–Kier alpha value is -3.08. The molecule has 1 aliphatic rings. The number of unbranched alkanes of at least 4 members (excludes halogenated alkanes) is 5. The predicted molar refractivity (Wildman–Crippen MR) is 143 cm³/mol. The van der Waals surface area contributed by atoms with Crippen molar-refractivity contribution in [1.82, 2.24) is 4.98 Å². The molecule has 0 bridgehead atoms. The smallest absolute Gasteiger partial charge is 0.341 e. The van der Waals surface area contributed by atoms with Crippen molar-refractivity contribution >= 4 is 22.6 Å². The molecule has 5 heteroatoms. The van der Waals surface area contributed by atoms with Crippen LogP contribution in [-0.4, -0.2) is 31.7 Å². The van der Waals surface area contributed by atoms with Crippen molar-refractivity contribution in [2.24, 2.45) is 0 Å². The number of carbonyl (C=O) groups is 1. The molecule has 0 amide bonds. The molecule has 0 aliphatic heterocycles. The van der Waals surface area contributed by atoms with Crippen LogP contribution in [-0.2, 0) is 24.0 Å². The Morgan fingerprint density at radius 3 is 2.51 bits per heavy atom. The molecule has 0 atom stereocenters. The van der Waals surface area contributed by atoms with Crippen molar-refractivity contribution in [3.05, 3.63) is 64.8 Å². The number of nitrogens with zero attached hydrogens (tertiary/aromatic N) is 1. The molecule has 0 spiro atoms. The molecular weight excluding hydrogens is 436 g/mol. The van der Waals surface area contributed by atoms with Gasteiger partial charge in [-0.2, -0.15) is 0 Å². The zero-order chi connectivity index (χ0) is 24.5. The summed E-state index contributed by atoms with van der Waals surface area (Å²) in [7, 11) is 3.01. The van der Waals surface area contributed by atoms with Crippen molar-refractivity contribution in [3.63, 3.8) is 0 Å². The molecule has 0 saturated heterocycles. The average molecular weight is 475 g/mol. The van der Waals surface area contributed by atoms with Crippen LogP contribution in [0.4, 0.5) is 5.69 Å². The summed E-state index contributed by atoms with van der Waals surface area (Å²) in [5.41, 5.74) is 6.75. The Kier molecular flexibility index (Phi) is 8.99. The number of pyridine rings is 1. The van der Waals surface area contributed by atoms with Crippen LogP contribution in [0.25, 0.3) is 10.9 Å². The Bertz CT molecular complexity index is 1140. The standard InChI is InChI=1S/C30H38N2O3/c1-34-27-20-13-15-22(28(27)30(33)35-2)14-7-5-3-4-6-12-21-31-29-23-16-8-10-18-25(23)32-26-19-11-9-17-24(26)29/h8,10,13,15-16,18,20H,3-7,9,11-12,14,17,19,21H2,1-2H3,(H,31,32). The van der Waals surface area contributed by atoms with Gasteiger partial charge in [0.05, 0.1) is 19.7 Å². The highest BCUT2D eigenvalue weighted by atomic mass is 16.5. The molecule has 0 unspecified atom stereocenters. The molecule has 1 aromatic heterocycles. The van der Waals surface area contributed by atoms with E-state index in [1.165, 1.54) is 68.0 Å². The monoisotopic (exact) mass is 474 g/mol. The predicted octanol–water partition coefficient (Wildman–Crippen LogP) is 6.90. The van der Waals surface area contributed by atoms with E-state index in [0.29, 0.717) is 11.3 Å². The molecule has 4 rings (SSSR count). The maximum atomic E-state index is 12.2. The average Bonchev–Trinajstić information content (AvgIpc) is 2.90. The van der Waals surface area contributed by atoms with Crippen LogP contribution in [0.1, 0.15) is 78.5 Å². The summed E-state index contributed by atoms with van der Waals surface area (Å²) in [5.74, 6) is 0.262. The topological polar surface area (TPSA) is 60.5 Å². The quantitative estimate of drug-likeness (QED) is 0.228. The molecule has 3 aromatic rings. The number of fused-ring (bicyclic) bond motifs is 2. The van der Waals surface area contributed by atoms with E-state index in [2.05, 4.69) is 29.6 Å². The lowest BCUT2D eigenvalue weighted by molar-refractivity contribution is 0.0595. The summed E-state index contributed by atoms with van der Waals surface area (Å²) >= 11 is 0. The second-order valence-electron chi connectivity index (χ2n) is 9.42. The summed E-state index contributed by atoms with van der Waals surface area (Å²) in [6, 6.07) is 14.3. The Morgan fingerprint density at radius 2 is 1.69 bits per heavy atom. The van der Waals surface area contributed by atoms with E-state index >= 15 is 0 Å². The molecular formula is C30H38N2O3. The van der Waals surface area contributed by atoms with Gasteiger partial charge < -0.3 is 14.8 Å². The van der Waals surface area contributed by atoms with Crippen molar-refractivity contribution in [1.29, 1.82) is 0 Å². The molecule has 2 aromatic carbocycles. The number of para-hydroxylation sites is 1. The minimum atomic E-state index is -0.326. The van der Waals surface area contributed by atoms with E-state index in [-0.39, 0.29) is 5.97 Å². The van der Waals surface area contributed by atoms with Gasteiger partial charge >= 0.3 is 5.97 Å². The van der Waals surface area contributed by atoms with Gasteiger partial charge in [0.25, 0.3) is 0 Å². The van der Waals surface area contributed by atoms with Crippen LogP contribution in [0.3, 0.4) is 0 Å². The molecule has 35 heavy (non-hydrogen) atoms. The molecule has 0 radical (unpaired) electrons. The number of carbonyl (C=O) groups excluding carboxylic acids is 1. The molecule has 186 valence electrons. The molecule has 1 heterocycles. The SMILES string of the molecule is COC(=O)c1c(CCCCCCCCNc2c3c(nc4ccccc24)CCCC3)cccc1OC. The molecule has 5 nitrogen and oxygen atoms in total. The van der Waals surface area contributed by atoms with Crippen LogP contribution in [0.15, 0.2) is 42.5 Å². The number of aromatic nitrogens is 1. The Labute approximate surface area is 209 Å². The van der Waals surface area contributed by atoms with Gasteiger partial charge in [0.1, 0.15) is 11.3 Å². The van der Waals surface area contributed by atoms with Gasteiger partial charge in [-0.15, -0.1) is 0 Å². The van der Waals surface area contributed by atoms with Gasteiger partial charge in [-0.25, -0.2) is 4.79 Å². The first-order valence-corrected chi connectivity index (χ1v) is 13.1. The number of nitrogens with one attached hydrogen (secondary N) is 1. The van der Waals surface area contributed by atoms with Crippen LogP contribution >= 0.6 is 0 Å². The second kappa shape index (κ2) is 12.6. The van der Waals surface area contributed by atoms with Crippen molar-refractivity contribution in [3.8, 4) is 5.75 Å². The first-order chi connectivity index (χ1) is 17.2. The normalized spacial score (nSPS) is 12.9. The number of rotatable bonds is 12. The van der Waals surface area contributed by atoms with Gasteiger partial charge in [0, 0.05) is 23.3 Å². The molecule has 1 aliphatic carbocycles. The lowest BCUT2D eigenvalue weighted by Crippen LogP contribution is -2.12. The zero-order valence-corrected chi connectivity index (χ0v) is 21.2. The van der Waals surface area contributed by atoms with Gasteiger partial charge in [0.15, 0.2) is 0 Å². The van der Waals surface area contributed by atoms with Crippen LogP contribution in [0, 0.1) is 0 Å². The van der Waals surface area contributed by atoms with Crippen LogP contribution < -0.4 is 10.1 Å². The maximum Gasteiger partial charge on any atom is 0.341 e. The van der Waals surface area contributed by atoms with E-state index in [9.17, 15) is 4.79 Å². The lowest BCUT2D eigenvalue weighted by atomic mass is 9.92. The highest BCUT2D eigenvalue weighted by Crippen LogP contribution is 2.33. The lowest BCUT2D eigenvalue weighted by Gasteiger charge is -2.21. The number of anilines is 1. The van der Waals surface area contributed by atoms with Gasteiger partial charge in [0.2, 0.25) is 0 Å². The fourth-order valence-corrected chi connectivity index (χ4v) is 5.22. The highest BCUT2D eigenvalue weighted by Gasteiger charge is 2.18. The van der Waals surface area contributed by atoms with Crippen molar-refractivity contribution < 1.29 is 14.3 Å². The fourth-order valence-electron chi connectivity index (χ4n) is 5.22. The van der Waals surface area contributed by atoms with Gasteiger partial charge in [-0.05, 0) is 68.2 Å². The van der Waals surface area contributed by atoms with Crippen LogP contribution in [0.2, 0.25) is 0 Å². The minimum absolute atomic E-state index is 0.326. The van der Waals surface area contributed by atoms with Crippen LogP contribution in [0.5, 0.6) is 5.75 Å². The number of esters is 1. The number of aryl methyl sites for hydroxylation is 2. The van der Waals surface area contributed by atoms with Gasteiger partial charge in [-0.3, -0.25) is 4.98 Å². The van der Waals surface area contributed by atoms with E-state index in [0.717, 1.165) is 49.7 Å². The summed E-state index contributed by atoms with van der Waals surface area (Å²) in [4.78, 5) is 17.1. The number of hydrogen-bond donors (Lipinski definition) is 1. The van der Waals surface area contributed by atoms with E-state index < -0.39 is 0 Å². The van der Waals surface area contributed by atoms with Crippen molar-refractivity contribution in [2.75, 3.05) is 26.1 Å². The van der Waals surface area contributed by atoms with E-state index in [1.807, 2.05) is 18.2 Å². The second-order valence-corrected chi connectivity index (χ2v) is 9.42.